The van der Waals surface area contributed by atoms with E-state index >= 15 is 0 Å². The van der Waals surface area contributed by atoms with Gasteiger partial charge in [0.15, 0.2) is 5.75 Å². The van der Waals surface area contributed by atoms with Gasteiger partial charge in [-0.15, -0.1) is 0 Å². The van der Waals surface area contributed by atoms with Gasteiger partial charge in [0, 0.05) is 24.7 Å². The summed E-state index contributed by atoms with van der Waals surface area (Å²) in [5, 5.41) is 17.9. The molecule has 0 atom stereocenters. The van der Waals surface area contributed by atoms with Gasteiger partial charge in [0.05, 0.1) is 18.6 Å². The van der Waals surface area contributed by atoms with Crippen LogP contribution in [0.4, 0.5) is 5.69 Å². The van der Waals surface area contributed by atoms with Crippen LogP contribution < -0.4 is 4.89 Å². The van der Waals surface area contributed by atoms with E-state index in [4.69, 9.17) is 10.4 Å². The van der Waals surface area contributed by atoms with Crippen molar-refractivity contribution in [2.75, 3.05) is 7.05 Å². The summed E-state index contributed by atoms with van der Waals surface area (Å²) in [7, 11) is 1.94. The van der Waals surface area contributed by atoms with E-state index in [-0.39, 0.29) is 12.4 Å². The van der Waals surface area contributed by atoms with Crippen molar-refractivity contribution in [1.82, 2.24) is 4.90 Å². The highest BCUT2D eigenvalue weighted by Crippen LogP contribution is 2.28. The zero-order chi connectivity index (χ0) is 13.7. The largest absolute Gasteiger partial charge is 0.392 e. The number of nitrogens with zero attached hydrogens (tertiary/aromatic N) is 2. The van der Waals surface area contributed by atoms with E-state index in [1.807, 2.05) is 18.9 Å². The van der Waals surface area contributed by atoms with Gasteiger partial charge in [-0.2, -0.15) is 0 Å². The third-order valence-corrected chi connectivity index (χ3v) is 2.84. The molecule has 0 saturated heterocycles. The molecule has 0 aliphatic rings. The van der Waals surface area contributed by atoms with Crippen LogP contribution in [0.25, 0.3) is 0 Å². The molecule has 0 saturated carbocycles. The molecule has 1 aromatic rings. The predicted octanol–water partition coefficient (Wildman–Crippen LogP) is 2.34. The fourth-order valence-electron chi connectivity index (χ4n) is 1.37. The van der Waals surface area contributed by atoms with Gasteiger partial charge in [-0.05, 0) is 32.4 Å². The van der Waals surface area contributed by atoms with Crippen molar-refractivity contribution >= 4 is 12.0 Å². The van der Waals surface area contributed by atoms with Gasteiger partial charge < -0.3 is 14.9 Å². The second-order valence-electron chi connectivity index (χ2n) is 4.50. The Morgan fingerprint density at radius 3 is 2.61 bits per heavy atom. The van der Waals surface area contributed by atoms with Crippen LogP contribution in [-0.2, 0) is 6.61 Å². The molecule has 5 nitrogen and oxygen atoms in total. The average Bonchev–Trinajstić information content (AvgIpc) is 2.36. The molecule has 100 valence electrons. The topological polar surface area (TPSA) is 65.3 Å². The van der Waals surface area contributed by atoms with Gasteiger partial charge in [0.1, 0.15) is 0 Å². The van der Waals surface area contributed by atoms with Crippen LogP contribution >= 0.6 is 0 Å². The second kappa shape index (κ2) is 6.37. The molecule has 0 bridgehead atoms. The molecule has 0 fully saturated rings. The second-order valence-corrected chi connectivity index (χ2v) is 4.50. The van der Waals surface area contributed by atoms with Crippen LogP contribution in [0.3, 0.4) is 0 Å². The van der Waals surface area contributed by atoms with Gasteiger partial charge in [0.2, 0.25) is 0 Å². The molecule has 5 heteroatoms. The SMILES string of the molecule is Cc1cc(CO)c(OO)cc1/N=C/N(C)C(C)C. The quantitative estimate of drug-likeness (QED) is 0.365. The highest BCUT2D eigenvalue weighted by atomic mass is 17.1. The molecular formula is C13H20N2O3. The summed E-state index contributed by atoms with van der Waals surface area (Å²) in [5.41, 5.74) is 2.14. The Morgan fingerprint density at radius 2 is 2.11 bits per heavy atom. The number of aliphatic hydroxyl groups excluding tert-OH is 1. The van der Waals surface area contributed by atoms with Gasteiger partial charge in [-0.25, -0.2) is 10.2 Å². The Bertz CT molecular complexity index is 430. The lowest BCUT2D eigenvalue weighted by Crippen LogP contribution is -2.24. The summed E-state index contributed by atoms with van der Waals surface area (Å²) in [6, 6.07) is 3.71. The fourth-order valence-corrected chi connectivity index (χ4v) is 1.37. The minimum absolute atomic E-state index is 0.188. The summed E-state index contributed by atoms with van der Waals surface area (Å²) < 4.78 is 0. The zero-order valence-corrected chi connectivity index (χ0v) is 11.2. The first kappa shape index (κ1) is 14.5. The molecule has 0 radical (unpaired) electrons. The Hall–Kier alpha value is -1.59. The molecular weight excluding hydrogens is 232 g/mol. The van der Waals surface area contributed by atoms with E-state index in [9.17, 15) is 0 Å². The van der Waals surface area contributed by atoms with Crippen LogP contribution in [-0.4, -0.2) is 34.7 Å². The van der Waals surface area contributed by atoms with Crippen LogP contribution in [0.1, 0.15) is 25.0 Å². The lowest BCUT2D eigenvalue weighted by molar-refractivity contribution is -0.138. The van der Waals surface area contributed by atoms with Crippen molar-refractivity contribution in [2.24, 2.45) is 4.99 Å². The monoisotopic (exact) mass is 252 g/mol. The molecule has 18 heavy (non-hydrogen) atoms. The number of hydrogen-bond donors (Lipinski definition) is 2. The molecule has 1 aromatic carbocycles. The maximum absolute atomic E-state index is 9.12. The summed E-state index contributed by atoms with van der Waals surface area (Å²) in [4.78, 5) is 10.5. The molecule has 0 spiro atoms. The van der Waals surface area contributed by atoms with E-state index in [0.29, 0.717) is 17.3 Å². The Balaban J connectivity index is 3.03. The zero-order valence-electron chi connectivity index (χ0n) is 11.2. The van der Waals surface area contributed by atoms with Crippen LogP contribution in [0.5, 0.6) is 5.75 Å². The van der Waals surface area contributed by atoms with Crippen molar-refractivity contribution in [3.05, 3.63) is 23.3 Å². The first-order valence-corrected chi connectivity index (χ1v) is 5.81. The number of aliphatic hydroxyl groups is 1. The number of aliphatic imine (C=N–C) groups is 1. The first-order chi connectivity index (χ1) is 8.49. The Kier molecular flexibility index (Phi) is 5.12. The molecule has 2 N–H and O–H groups in total. The Morgan fingerprint density at radius 1 is 1.44 bits per heavy atom. The van der Waals surface area contributed by atoms with Gasteiger partial charge in [-0.1, -0.05) is 0 Å². The number of hydrogen-bond acceptors (Lipinski definition) is 4. The molecule has 0 amide bonds. The van der Waals surface area contributed by atoms with Gasteiger partial charge >= 0.3 is 0 Å². The minimum atomic E-state index is -0.188. The van der Waals surface area contributed by atoms with Crippen molar-refractivity contribution in [2.45, 2.75) is 33.4 Å². The van der Waals surface area contributed by atoms with Crippen LogP contribution in [0.2, 0.25) is 0 Å². The maximum Gasteiger partial charge on any atom is 0.172 e. The predicted molar refractivity (Wildman–Crippen MR) is 71.4 cm³/mol. The molecule has 0 aliphatic carbocycles. The summed E-state index contributed by atoms with van der Waals surface area (Å²) in [6.45, 7) is 5.83. The third-order valence-electron chi connectivity index (χ3n) is 2.84. The smallest absolute Gasteiger partial charge is 0.172 e. The van der Waals surface area contributed by atoms with E-state index < -0.39 is 0 Å². The van der Waals surface area contributed by atoms with Crippen LogP contribution in [0, 0.1) is 6.92 Å². The normalized spacial score (nSPS) is 11.3. The van der Waals surface area contributed by atoms with Gasteiger partial charge in [-0.3, -0.25) is 0 Å². The lowest BCUT2D eigenvalue weighted by Gasteiger charge is -2.17. The third kappa shape index (κ3) is 3.45. The lowest BCUT2D eigenvalue weighted by atomic mass is 10.1. The summed E-state index contributed by atoms with van der Waals surface area (Å²) >= 11 is 0. The van der Waals surface area contributed by atoms with Gasteiger partial charge in [0.25, 0.3) is 0 Å². The van der Waals surface area contributed by atoms with E-state index in [1.165, 1.54) is 0 Å². The van der Waals surface area contributed by atoms with Crippen molar-refractivity contribution < 1.29 is 15.3 Å². The first-order valence-electron chi connectivity index (χ1n) is 5.81. The van der Waals surface area contributed by atoms with E-state index in [2.05, 4.69) is 23.7 Å². The summed E-state index contributed by atoms with van der Waals surface area (Å²) in [6.07, 6.45) is 1.73. The van der Waals surface area contributed by atoms with E-state index in [1.54, 1.807) is 18.5 Å². The molecule has 0 heterocycles. The maximum atomic E-state index is 9.12. The number of benzene rings is 1. The number of rotatable bonds is 5. The molecule has 0 unspecified atom stereocenters. The van der Waals surface area contributed by atoms with E-state index in [0.717, 1.165) is 5.56 Å². The molecule has 0 aliphatic heterocycles. The van der Waals surface area contributed by atoms with Crippen LogP contribution in [0.15, 0.2) is 17.1 Å². The minimum Gasteiger partial charge on any atom is -0.392 e. The Labute approximate surface area is 107 Å². The number of aryl methyl sites for hydroxylation is 1. The van der Waals surface area contributed by atoms with Crippen molar-refractivity contribution in [3.8, 4) is 5.75 Å². The molecule has 1 rings (SSSR count). The highest BCUT2D eigenvalue weighted by Gasteiger charge is 2.08. The highest BCUT2D eigenvalue weighted by molar-refractivity contribution is 5.65. The average molecular weight is 252 g/mol. The van der Waals surface area contributed by atoms with Crippen molar-refractivity contribution in [1.29, 1.82) is 0 Å². The standard InChI is InChI=1S/C13H20N2O3/c1-9(2)15(4)8-14-12-6-13(18-17)11(7-16)5-10(12)3/h5-6,8-9,16-17H,7H2,1-4H3/b14-8+. The van der Waals surface area contributed by atoms with Crippen molar-refractivity contribution in [3.63, 3.8) is 0 Å². The molecule has 0 aromatic heterocycles. The fraction of sp³-hybridized carbons (Fsp3) is 0.462. The summed E-state index contributed by atoms with van der Waals surface area (Å²) in [5.74, 6) is 0.224.